The molecule has 0 amide bonds. The van der Waals surface area contributed by atoms with Gasteiger partial charge in [0.2, 0.25) is 0 Å². The van der Waals surface area contributed by atoms with E-state index < -0.39 is 0 Å². The van der Waals surface area contributed by atoms with Crippen LogP contribution < -0.4 is 16.2 Å². The summed E-state index contributed by atoms with van der Waals surface area (Å²) in [5.74, 6) is 0.177. The molecule has 10 heteroatoms. The fourth-order valence-electron chi connectivity index (χ4n) is 3.66. The van der Waals surface area contributed by atoms with Gasteiger partial charge in [0, 0.05) is 39.8 Å². The predicted molar refractivity (Wildman–Crippen MR) is 118 cm³/mol. The molecule has 10 nitrogen and oxygen atoms in total. The third kappa shape index (κ3) is 5.04. The largest absolute Gasteiger partial charge is 0.461 e. The zero-order valence-electron chi connectivity index (χ0n) is 18.0. The Balaban J connectivity index is 1.49. The van der Waals surface area contributed by atoms with Gasteiger partial charge in [0.05, 0.1) is 13.2 Å². The first-order chi connectivity index (χ1) is 15.0. The number of benzene rings is 1. The Hall–Kier alpha value is -2.95. The van der Waals surface area contributed by atoms with Gasteiger partial charge < -0.3 is 25.1 Å². The summed E-state index contributed by atoms with van der Waals surface area (Å²) in [6, 6.07) is 8.47. The van der Waals surface area contributed by atoms with Gasteiger partial charge in [-0.1, -0.05) is 24.3 Å². The van der Waals surface area contributed by atoms with E-state index in [9.17, 15) is 4.79 Å². The van der Waals surface area contributed by atoms with Crippen LogP contribution in [-0.4, -0.2) is 82.9 Å². The van der Waals surface area contributed by atoms with Crippen LogP contribution in [0.4, 0.5) is 5.82 Å². The van der Waals surface area contributed by atoms with Crippen molar-refractivity contribution in [1.82, 2.24) is 29.3 Å². The summed E-state index contributed by atoms with van der Waals surface area (Å²) >= 11 is 0. The summed E-state index contributed by atoms with van der Waals surface area (Å²) < 4.78 is 12.0. The van der Waals surface area contributed by atoms with Crippen molar-refractivity contribution < 1.29 is 9.47 Å². The lowest BCUT2D eigenvalue weighted by atomic mass is 10.1. The molecule has 1 saturated heterocycles. The minimum Gasteiger partial charge on any atom is -0.461 e. The molecule has 0 unspecified atom stereocenters. The van der Waals surface area contributed by atoms with Crippen LogP contribution in [0.5, 0.6) is 6.01 Å². The van der Waals surface area contributed by atoms with Crippen LogP contribution in [0.1, 0.15) is 11.1 Å². The second kappa shape index (κ2) is 9.46. The van der Waals surface area contributed by atoms with Gasteiger partial charge in [0.1, 0.15) is 12.1 Å². The van der Waals surface area contributed by atoms with E-state index in [4.69, 9.17) is 15.2 Å². The maximum atomic E-state index is 12.5. The van der Waals surface area contributed by atoms with Crippen LogP contribution in [0, 0.1) is 0 Å². The molecule has 0 radical (unpaired) electrons. The van der Waals surface area contributed by atoms with Crippen LogP contribution in [0.25, 0.3) is 11.2 Å². The molecule has 3 N–H and O–H groups in total. The minimum atomic E-state index is -0.286. The van der Waals surface area contributed by atoms with Crippen molar-refractivity contribution in [2.45, 2.75) is 13.1 Å². The number of anilines is 1. The topological polar surface area (TPSA) is 115 Å². The van der Waals surface area contributed by atoms with Gasteiger partial charge in [-0.2, -0.15) is 9.97 Å². The molecule has 1 aromatic carbocycles. The maximum absolute atomic E-state index is 12.5. The maximum Gasteiger partial charge on any atom is 0.328 e. The van der Waals surface area contributed by atoms with Crippen molar-refractivity contribution in [3.05, 3.63) is 45.9 Å². The van der Waals surface area contributed by atoms with E-state index in [0.717, 1.165) is 38.3 Å². The Morgan fingerprint density at radius 1 is 1.03 bits per heavy atom. The lowest BCUT2D eigenvalue weighted by Gasteiger charge is -2.32. The summed E-state index contributed by atoms with van der Waals surface area (Å²) in [7, 11) is 3.74. The normalized spacial score (nSPS) is 15.5. The molecule has 0 spiro atoms. The van der Waals surface area contributed by atoms with Crippen molar-refractivity contribution in [1.29, 1.82) is 0 Å². The number of aromatic nitrogens is 4. The number of aromatic amines is 1. The number of ether oxygens (including phenoxy) is 2. The third-order valence-corrected chi connectivity index (χ3v) is 5.51. The third-order valence-electron chi connectivity index (χ3n) is 5.51. The number of rotatable bonds is 8. The monoisotopic (exact) mass is 427 g/mol. The van der Waals surface area contributed by atoms with Gasteiger partial charge >= 0.3 is 11.7 Å². The molecule has 0 atom stereocenters. The molecule has 1 aliphatic rings. The molecule has 2 aromatic heterocycles. The first-order valence-corrected chi connectivity index (χ1v) is 10.4. The number of H-pyrrole nitrogens is 1. The molecular weight excluding hydrogens is 398 g/mol. The number of methoxy groups -OCH3 is 1. The standard InChI is InChI=1S/C21H29N7O3/c1-26-7-9-27(10-8-26)13-15-3-5-16(6-4-15)14-28-19-17(23-21(28)29)18(22)24-20(25-19)31-12-11-30-2/h3-6H,7-14H2,1-2H3,(H,23,29)(H2,22,24,25). The van der Waals surface area contributed by atoms with E-state index in [1.807, 2.05) is 0 Å². The van der Waals surface area contributed by atoms with E-state index in [1.165, 1.54) is 5.56 Å². The van der Waals surface area contributed by atoms with Crippen LogP contribution in [0.2, 0.25) is 0 Å². The minimum absolute atomic E-state index is 0.123. The lowest BCUT2D eigenvalue weighted by Crippen LogP contribution is -2.43. The Morgan fingerprint density at radius 2 is 1.71 bits per heavy atom. The summed E-state index contributed by atoms with van der Waals surface area (Å²) in [6.07, 6.45) is 0. The molecule has 31 heavy (non-hydrogen) atoms. The smallest absolute Gasteiger partial charge is 0.328 e. The Bertz CT molecular complexity index is 1070. The second-order valence-electron chi connectivity index (χ2n) is 7.84. The highest BCUT2D eigenvalue weighted by atomic mass is 16.5. The number of imidazole rings is 1. The predicted octanol–water partition coefficient (Wildman–Crippen LogP) is 0.523. The fraction of sp³-hybridized carbons (Fsp3) is 0.476. The van der Waals surface area contributed by atoms with Gasteiger partial charge in [-0.25, -0.2) is 4.79 Å². The number of hydrogen-bond acceptors (Lipinski definition) is 8. The molecule has 4 rings (SSSR count). The number of nitrogens with one attached hydrogen (secondary N) is 1. The highest BCUT2D eigenvalue weighted by Gasteiger charge is 2.16. The molecular formula is C21H29N7O3. The molecule has 3 heterocycles. The first kappa shape index (κ1) is 21.3. The fourth-order valence-corrected chi connectivity index (χ4v) is 3.66. The van der Waals surface area contributed by atoms with Crippen LogP contribution in [-0.2, 0) is 17.8 Å². The van der Waals surface area contributed by atoms with Gasteiger partial charge in [0.15, 0.2) is 11.5 Å². The van der Waals surface area contributed by atoms with Crippen molar-refractivity contribution >= 4 is 17.0 Å². The average molecular weight is 428 g/mol. The highest BCUT2D eigenvalue weighted by Crippen LogP contribution is 2.19. The number of nitrogens with two attached hydrogens (primary N) is 1. The molecule has 166 valence electrons. The SMILES string of the molecule is COCCOc1nc(N)c2[nH]c(=O)n(Cc3ccc(CN4CCN(C)CC4)cc3)c2n1. The highest BCUT2D eigenvalue weighted by molar-refractivity contribution is 5.81. The zero-order valence-corrected chi connectivity index (χ0v) is 18.0. The van der Waals surface area contributed by atoms with E-state index in [0.29, 0.717) is 30.9 Å². The molecule has 1 aliphatic heterocycles. The quantitative estimate of drug-likeness (QED) is 0.500. The Labute approximate surface area is 180 Å². The molecule has 1 fully saturated rings. The zero-order chi connectivity index (χ0) is 21.8. The van der Waals surface area contributed by atoms with E-state index in [1.54, 1.807) is 11.7 Å². The van der Waals surface area contributed by atoms with Crippen molar-refractivity contribution in [3.63, 3.8) is 0 Å². The Morgan fingerprint density at radius 3 is 2.39 bits per heavy atom. The van der Waals surface area contributed by atoms with Crippen molar-refractivity contribution in [3.8, 4) is 6.01 Å². The van der Waals surface area contributed by atoms with Crippen LogP contribution in [0.15, 0.2) is 29.1 Å². The first-order valence-electron chi connectivity index (χ1n) is 10.4. The number of hydrogen-bond donors (Lipinski definition) is 2. The Kier molecular flexibility index (Phi) is 6.50. The van der Waals surface area contributed by atoms with Gasteiger partial charge in [-0.3, -0.25) is 9.47 Å². The number of likely N-dealkylation sites (N-methyl/N-ethyl adjacent to an activating group) is 1. The summed E-state index contributed by atoms with van der Waals surface area (Å²) in [4.78, 5) is 28.6. The molecule has 0 saturated carbocycles. The van der Waals surface area contributed by atoms with Crippen LogP contribution in [0.3, 0.4) is 0 Å². The van der Waals surface area contributed by atoms with E-state index >= 15 is 0 Å². The molecule has 3 aromatic rings. The van der Waals surface area contributed by atoms with E-state index in [2.05, 4.69) is 56.1 Å². The van der Waals surface area contributed by atoms with Crippen LogP contribution >= 0.6 is 0 Å². The second-order valence-corrected chi connectivity index (χ2v) is 7.84. The van der Waals surface area contributed by atoms with Crippen molar-refractivity contribution in [2.24, 2.45) is 0 Å². The number of nitrogen functional groups attached to an aromatic ring is 1. The van der Waals surface area contributed by atoms with Gasteiger partial charge in [0.25, 0.3) is 0 Å². The van der Waals surface area contributed by atoms with E-state index in [-0.39, 0.29) is 17.5 Å². The summed E-state index contributed by atoms with van der Waals surface area (Å²) in [5, 5.41) is 0. The average Bonchev–Trinajstić information content (AvgIpc) is 3.07. The van der Waals surface area contributed by atoms with Crippen molar-refractivity contribution in [2.75, 3.05) is 59.3 Å². The number of fused-ring (bicyclic) bond motifs is 1. The summed E-state index contributed by atoms with van der Waals surface area (Å²) in [5.41, 5.74) is 8.82. The van der Waals surface area contributed by atoms with Gasteiger partial charge in [-0.05, 0) is 18.2 Å². The number of piperazine rings is 1. The molecule has 0 bridgehead atoms. The summed E-state index contributed by atoms with van der Waals surface area (Å²) in [6.45, 7) is 6.38. The number of nitrogens with zero attached hydrogens (tertiary/aromatic N) is 5. The van der Waals surface area contributed by atoms with Gasteiger partial charge in [-0.15, -0.1) is 0 Å². The molecule has 0 aliphatic carbocycles. The lowest BCUT2D eigenvalue weighted by molar-refractivity contribution is 0.141.